The Morgan fingerprint density at radius 1 is 1.15 bits per heavy atom. The Kier molecular flexibility index (Phi) is 9.67. The minimum atomic E-state index is -0.250. The third-order valence-corrected chi connectivity index (χ3v) is 11.5. The van der Waals surface area contributed by atoms with E-state index in [2.05, 4.69) is 66.3 Å². The molecule has 0 bridgehead atoms. The van der Waals surface area contributed by atoms with Crippen LogP contribution in [0.3, 0.4) is 0 Å². The summed E-state index contributed by atoms with van der Waals surface area (Å²) in [7, 11) is 0. The lowest BCUT2D eigenvalue weighted by Gasteiger charge is -2.34. The summed E-state index contributed by atoms with van der Waals surface area (Å²) < 4.78 is 0. The van der Waals surface area contributed by atoms with Crippen LogP contribution in [-0.4, -0.2) is 52.0 Å². The summed E-state index contributed by atoms with van der Waals surface area (Å²) in [4.78, 5) is 45.8. The predicted octanol–water partition coefficient (Wildman–Crippen LogP) is 7.24. The van der Waals surface area contributed by atoms with E-state index < -0.39 is 0 Å². The molecule has 4 heterocycles. The standard InChI is InChI=1S/C37H44N4O2S.CH2O2/c1-36(2,3)29-10-11-30-27(20-29)19-28-21-32(44-35(28)40-30)34(43)39-31(13-18-41-17-4-14-37(23-41)15-16-37)25-7-5-24(6-8-25)26-9-12-33(42)38-22-26;2-1-3/h5-9,12,19,21-22,29,31H,4,10-11,13-18,20,23H2,1-3H3,(H,38,42)(H,39,43);1H,(H,2,3)/t29-,31+;/m0./s1. The van der Waals surface area contributed by atoms with Crippen molar-refractivity contribution >= 4 is 33.9 Å². The maximum atomic E-state index is 13.8. The second-order valence-electron chi connectivity index (χ2n) is 14.8. The van der Waals surface area contributed by atoms with Crippen LogP contribution in [0.15, 0.2) is 59.5 Å². The Morgan fingerprint density at radius 2 is 1.89 bits per heavy atom. The highest BCUT2D eigenvalue weighted by Gasteiger charge is 2.45. The summed E-state index contributed by atoms with van der Waals surface area (Å²) in [6.45, 7) is 10.1. The highest BCUT2D eigenvalue weighted by molar-refractivity contribution is 7.20. The number of pyridine rings is 2. The number of carboxylic acid groups (broad SMARTS) is 1. The largest absolute Gasteiger partial charge is 0.483 e. The molecule has 248 valence electrons. The van der Waals surface area contributed by atoms with Gasteiger partial charge in [0.05, 0.1) is 10.9 Å². The van der Waals surface area contributed by atoms with Crippen molar-refractivity contribution in [3.8, 4) is 11.1 Å². The molecule has 9 heteroatoms. The van der Waals surface area contributed by atoms with Gasteiger partial charge in [0, 0.05) is 36.4 Å². The van der Waals surface area contributed by atoms with Crippen molar-refractivity contribution in [2.45, 2.75) is 78.2 Å². The number of piperidine rings is 1. The number of hydrogen-bond acceptors (Lipinski definition) is 6. The van der Waals surface area contributed by atoms with Crippen molar-refractivity contribution in [3.63, 3.8) is 0 Å². The van der Waals surface area contributed by atoms with Crippen molar-refractivity contribution in [1.29, 1.82) is 0 Å². The summed E-state index contributed by atoms with van der Waals surface area (Å²) in [5.74, 6) is 0.632. The first-order valence-corrected chi connectivity index (χ1v) is 17.7. The van der Waals surface area contributed by atoms with Gasteiger partial charge in [-0.05, 0) is 115 Å². The molecule has 3 aromatic heterocycles. The number of aromatic nitrogens is 2. The van der Waals surface area contributed by atoms with Crippen LogP contribution in [0.1, 0.15) is 91.8 Å². The first-order chi connectivity index (χ1) is 22.6. The van der Waals surface area contributed by atoms with Crippen LogP contribution in [-0.2, 0) is 17.6 Å². The average molecular weight is 655 g/mol. The molecule has 1 saturated heterocycles. The number of carbonyl (C=O) groups is 2. The zero-order valence-electron chi connectivity index (χ0n) is 27.7. The van der Waals surface area contributed by atoms with E-state index in [-0.39, 0.29) is 29.4 Å². The number of aromatic amines is 1. The second kappa shape index (κ2) is 13.7. The number of carbonyl (C=O) groups excluding carboxylic acids is 1. The highest BCUT2D eigenvalue weighted by Crippen LogP contribution is 2.52. The Labute approximate surface area is 280 Å². The van der Waals surface area contributed by atoms with Crippen LogP contribution < -0.4 is 10.9 Å². The number of thiophene rings is 1. The van der Waals surface area contributed by atoms with Gasteiger partial charge in [-0.2, -0.15) is 0 Å². The van der Waals surface area contributed by atoms with Gasteiger partial charge in [-0.3, -0.25) is 14.4 Å². The van der Waals surface area contributed by atoms with Gasteiger partial charge >= 0.3 is 0 Å². The quantitative estimate of drug-likeness (QED) is 0.181. The van der Waals surface area contributed by atoms with E-state index in [9.17, 15) is 9.59 Å². The summed E-state index contributed by atoms with van der Waals surface area (Å²) in [6.07, 6.45) is 11.3. The van der Waals surface area contributed by atoms with Gasteiger partial charge in [-0.1, -0.05) is 45.0 Å². The van der Waals surface area contributed by atoms with Crippen molar-refractivity contribution in [1.82, 2.24) is 20.2 Å². The maximum Gasteiger partial charge on any atom is 0.290 e. The zero-order valence-corrected chi connectivity index (χ0v) is 28.5. The number of likely N-dealkylation sites (tertiary alicyclic amines) is 1. The van der Waals surface area contributed by atoms with Crippen molar-refractivity contribution < 1.29 is 14.7 Å². The molecule has 2 atom stereocenters. The van der Waals surface area contributed by atoms with Crippen molar-refractivity contribution in [2.75, 3.05) is 19.6 Å². The molecule has 47 heavy (non-hydrogen) atoms. The molecule has 1 saturated carbocycles. The Bertz CT molecular complexity index is 1760. The molecule has 0 unspecified atom stereocenters. The van der Waals surface area contributed by atoms with E-state index in [0.29, 0.717) is 11.3 Å². The molecule has 1 aliphatic heterocycles. The van der Waals surface area contributed by atoms with Crippen molar-refractivity contribution in [2.24, 2.45) is 16.7 Å². The lowest BCUT2D eigenvalue weighted by atomic mass is 9.71. The predicted molar refractivity (Wildman–Crippen MR) is 188 cm³/mol. The van der Waals surface area contributed by atoms with Gasteiger partial charge in [0.1, 0.15) is 4.83 Å². The molecule has 2 aliphatic carbocycles. The third-order valence-electron chi connectivity index (χ3n) is 10.5. The minimum Gasteiger partial charge on any atom is -0.483 e. The lowest BCUT2D eigenvalue weighted by molar-refractivity contribution is -0.122. The molecule has 0 radical (unpaired) electrons. The molecule has 1 spiro atoms. The van der Waals surface area contributed by atoms with Crippen LogP contribution in [0.2, 0.25) is 0 Å². The SMILES string of the molecule is CC(C)(C)[C@H]1CCc2nc3sc(C(=O)N[C@H](CCN4CCCC5(CC5)C4)c4ccc(-c5ccc(=O)[nH]c5)cc4)cc3cc2C1.O=CO. The molecule has 3 N–H and O–H groups in total. The Hall–Kier alpha value is -3.82. The Morgan fingerprint density at radius 3 is 2.57 bits per heavy atom. The van der Waals surface area contributed by atoms with E-state index >= 15 is 0 Å². The molecular formula is C38H46N4O4S. The smallest absolute Gasteiger partial charge is 0.290 e. The molecule has 1 aromatic carbocycles. The van der Waals surface area contributed by atoms with Gasteiger partial charge in [0.25, 0.3) is 12.4 Å². The number of nitrogens with zero attached hydrogens (tertiary/aromatic N) is 2. The maximum absolute atomic E-state index is 13.8. The van der Waals surface area contributed by atoms with Crippen LogP contribution in [0.25, 0.3) is 21.3 Å². The van der Waals surface area contributed by atoms with E-state index in [1.807, 2.05) is 12.1 Å². The lowest BCUT2D eigenvalue weighted by Crippen LogP contribution is -2.39. The molecule has 1 amide bonds. The number of amides is 1. The van der Waals surface area contributed by atoms with Gasteiger partial charge in [-0.25, -0.2) is 4.98 Å². The summed E-state index contributed by atoms with van der Waals surface area (Å²) in [5.41, 5.74) is 6.42. The first kappa shape index (κ1) is 33.1. The van der Waals surface area contributed by atoms with Crippen LogP contribution in [0.5, 0.6) is 0 Å². The fraction of sp³-hybridized carbons (Fsp3) is 0.474. The van der Waals surface area contributed by atoms with E-state index in [0.717, 1.165) is 64.1 Å². The zero-order chi connectivity index (χ0) is 33.2. The minimum absolute atomic E-state index is 0.0226. The first-order valence-electron chi connectivity index (χ1n) is 16.9. The van der Waals surface area contributed by atoms with Crippen LogP contribution in [0.4, 0.5) is 0 Å². The number of H-pyrrole nitrogens is 1. The Balaban J connectivity index is 0.00000124. The molecule has 4 aromatic rings. The van der Waals surface area contributed by atoms with Crippen molar-refractivity contribution in [3.05, 3.63) is 86.8 Å². The number of fused-ring (bicyclic) bond motifs is 2. The number of rotatable bonds is 7. The number of benzene rings is 1. The molecular weight excluding hydrogens is 609 g/mol. The van der Waals surface area contributed by atoms with Gasteiger partial charge in [-0.15, -0.1) is 11.3 Å². The number of aryl methyl sites for hydroxylation is 1. The molecule has 3 aliphatic rings. The number of nitrogens with one attached hydrogen (secondary N) is 2. The summed E-state index contributed by atoms with van der Waals surface area (Å²) in [5, 5.41) is 11.4. The highest BCUT2D eigenvalue weighted by atomic mass is 32.1. The third kappa shape index (κ3) is 7.84. The van der Waals surface area contributed by atoms with Crippen LogP contribution in [0, 0.1) is 16.7 Å². The summed E-state index contributed by atoms with van der Waals surface area (Å²) >= 11 is 1.51. The topological polar surface area (TPSA) is 115 Å². The van der Waals surface area contributed by atoms with Gasteiger partial charge in [0.2, 0.25) is 5.56 Å². The fourth-order valence-electron chi connectivity index (χ4n) is 7.42. The fourth-order valence-corrected chi connectivity index (χ4v) is 8.36. The van der Waals surface area contributed by atoms with Crippen LogP contribution >= 0.6 is 11.3 Å². The monoisotopic (exact) mass is 654 g/mol. The van der Waals surface area contributed by atoms with E-state index in [4.69, 9.17) is 14.9 Å². The molecule has 7 rings (SSSR count). The molecule has 8 nitrogen and oxygen atoms in total. The summed E-state index contributed by atoms with van der Waals surface area (Å²) in [6, 6.07) is 16.0. The second-order valence-corrected chi connectivity index (χ2v) is 15.8. The number of hydrogen-bond donors (Lipinski definition) is 3. The van der Waals surface area contributed by atoms with Gasteiger partial charge < -0.3 is 20.3 Å². The normalized spacial score (nSPS) is 19.3. The van der Waals surface area contributed by atoms with Gasteiger partial charge in [0.15, 0.2) is 0 Å². The van der Waals surface area contributed by atoms with E-state index in [1.165, 1.54) is 61.2 Å². The van der Waals surface area contributed by atoms with E-state index in [1.54, 1.807) is 12.3 Å². The average Bonchev–Trinajstić information content (AvgIpc) is 3.65. The molecule has 2 fully saturated rings.